The summed E-state index contributed by atoms with van der Waals surface area (Å²) in [5, 5.41) is 0. The Morgan fingerprint density at radius 1 is 0.821 bits per heavy atom. The van der Waals surface area contributed by atoms with Crippen LogP contribution in [0, 0.1) is 0 Å². The fourth-order valence-corrected chi connectivity index (χ4v) is 3.48. The van der Waals surface area contributed by atoms with Gasteiger partial charge in [0.05, 0.1) is 6.54 Å². The van der Waals surface area contributed by atoms with E-state index < -0.39 is 0 Å². The Kier molecular flexibility index (Phi) is 5.52. The van der Waals surface area contributed by atoms with Crippen molar-refractivity contribution in [1.82, 2.24) is 9.88 Å². The highest BCUT2D eigenvalue weighted by atomic mass is 16.2. The van der Waals surface area contributed by atoms with Gasteiger partial charge in [-0.1, -0.05) is 54.6 Å². The van der Waals surface area contributed by atoms with Gasteiger partial charge in [0.15, 0.2) is 0 Å². The molecule has 0 radical (unpaired) electrons. The van der Waals surface area contributed by atoms with Crippen molar-refractivity contribution in [2.24, 2.45) is 0 Å². The Bertz CT molecular complexity index is 878. The van der Waals surface area contributed by atoms with Crippen LogP contribution in [0.2, 0.25) is 0 Å². The lowest BCUT2D eigenvalue weighted by Gasteiger charge is -2.38. The molecule has 0 spiro atoms. The van der Waals surface area contributed by atoms with Gasteiger partial charge in [0.2, 0.25) is 0 Å². The number of pyridine rings is 1. The summed E-state index contributed by atoms with van der Waals surface area (Å²) in [6.07, 6.45) is 1.81. The number of rotatable bonds is 4. The van der Waals surface area contributed by atoms with E-state index in [-0.39, 0.29) is 6.03 Å². The third kappa shape index (κ3) is 4.14. The molecule has 0 aliphatic carbocycles. The SMILES string of the molecule is O=C(N1CCN(c2ccccn2)CC1)N(Cc1ccccc1)c1ccccc1. The van der Waals surface area contributed by atoms with Crippen LogP contribution in [0.3, 0.4) is 0 Å². The fraction of sp³-hybridized carbons (Fsp3) is 0.217. The van der Waals surface area contributed by atoms with Gasteiger partial charge < -0.3 is 9.80 Å². The topological polar surface area (TPSA) is 39.7 Å². The number of piperazine rings is 1. The van der Waals surface area contributed by atoms with E-state index in [2.05, 4.69) is 22.0 Å². The summed E-state index contributed by atoms with van der Waals surface area (Å²) < 4.78 is 0. The molecule has 1 saturated heterocycles. The van der Waals surface area contributed by atoms with Crippen molar-refractivity contribution in [3.05, 3.63) is 90.6 Å². The van der Waals surface area contributed by atoms with Gasteiger partial charge in [-0.25, -0.2) is 9.78 Å². The van der Waals surface area contributed by atoms with Crippen LogP contribution in [0.25, 0.3) is 0 Å². The number of anilines is 2. The van der Waals surface area contributed by atoms with Crippen molar-refractivity contribution < 1.29 is 4.79 Å². The van der Waals surface area contributed by atoms with Crippen molar-refractivity contribution in [3.8, 4) is 0 Å². The number of amides is 2. The van der Waals surface area contributed by atoms with Crippen LogP contribution in [-0.2, 0) is 6.54 Å². The third-order valence-corrected chi connectivity index (χ3v) is 5.01. The van der Waals surface area contributed by atoms with Gasteiger partial charge in [0.25, 0.3) is 0 Å². The van der Waals surface area contributed by atoms with Crippen molar-refractivity contribution in [2.75, 3.05) is 36.0 Å². The number of carbonyl (C=O) groups excluding carboxylic acids is 1. The molecule has 4 rings (SSSR count). The maximum Gasteiger partial charge on any atom is 0.324 e. The molecule has 2 amide bonds. The zero-order valence-corrected chi connectivity index (χ0v) is 15.8. The Labute approximate surface area is 165 Å². The zero-order chi connectivity index (χ0) is 19.2. The molecule has 2 aromatic carbocycles. The van der Waals surface area contributed by atoms with Gasteiger partial charge in [-0.2, -0.15) is 0 Å². The van der Waals surface area contributed by atoms with Crippen LogP contribution in [0.15, 0.2) is 85.1 Å². The van der Waals surface area contributed by atoms with Crippen LogP contribution in [0.4, 0.5) is 16.3 Å². The van der Waals surface area contributed by atoms with E-state index in [9.17, 15) is 4.79 Å². The van der Waals surface area contributed by atoms with Gasteiger partial charge in [0, 0.05) is 38.1 Å². The molecule has 0 N–H and O–H groups in total. The Balaban J connectivity index is 1.48. The molecule has 5 heteroatoms. The summed E-state index contributed by atoms with van der Waals surface area (Å²) in [5.41, 5.74) is 2.04. The maximum absolute atomic E-state index is 13.4. The second-order valence-corrected chi connectivity index (χ2v) is 6.85. The summed E-state index contributed by atoms with van der Waals surface area (Å²) >= 11 is 0. The van der Waals surface area contributed by atoms with E-state index in [1.165, 1.54) is 0 Å². The summed E-state index contributed by atoms with van der Waals surface area (Å²) in [4.78, 5) is 23.8. The van der Waals surface area contributed by atoms with Crippen molar-refractivity contribution in [3.63, 3.8) is 0 Å². The highest BCUT2D eigenvalue weighted by Crippen LogP contribution is 2.20. The quantitative estimate of drug-likeness (QED) is 0.694. The van der Waals surface area contributed by atoms with E-state index >= 15 is 0 Å². The Morgan fingerprint density at radius 2 is 1.46 bits per heavy atom. The minimum absolute atomic E-state index is 0.0516. The molecule has 1 aliphatic heterocycles. The van der Waals surface area contributed by atoms with E-state index in [0.29, 0.717) is 19.6 Å². The van der Waals surface area contributed by atoms with E-state index in [1.807, 2.05) is 82.7 Å². The third-order valence-electron chi connectivity index (χ3n) is 5.01. The van der Waals surface area contributed by atoms with Crippen LogP contribution in [0.1, 0.15) is 5.56 Å². The number of aromatic nitrogens is 1. The number of hydrogen-bond donors (Lipinski definition) is 0. The first-order valence-electron chi connectivity index (χ1n) is 9.63. The number of benzene rings is 2. The second kappa shape index (κ2) is 8.57. The summed E-state index contributed by atoms with van der Waals surface area (Å²) in [6.45, 7) is 3.51. The predicted octanol–water partition coefficient (Wildman–Crippen LogP) is 4.03. The highest BCUT2D eigenvalue weighted by Gasteiger charge is 2.26. The average Bonchev–Trinajstić information content (AvgIpc) is 2.79. The molecule has 1 fully saturated rings. The van der Waals surface area contributed by atoms with Crippen molar-refractivity contribution in [1.29, 1.82) is 0 Å². The monoisotopic (exact) mass is 372 g/mol. The molecule has 0 atom stereocenters. The Hall–Kier alpha value is -3.34. The molecule has 1 aromatic heterocycles. The summed E-state index contributed by atoms with van der Waals surface area (Å²) in [6, 6.07) is 26.0. The number of nitrogens with zero attached hydrogens (tertiary/aromatic N) is 4. The molecular formula is C23H24N4O. The van der Waals surface area contributed by atoms with Crippen LogP contribution in [0.5, 0.6) is 0 Å². The largest absolute Gasteiger partial charge is 0.353 e. The molecule has 0 bridgehead atoms. The predicted molar refractivity (Wildman–Crippen MR) is 112 cm³/mol. The molecule has 0 unspecified atom stereocenters. The number of para-hydroxylation sites is 1. The average molecular weight is 372 g/mol. The number of hydrogen-bond acceptors (Lipinski definition) is 3. The lowest BCUT2D eigenvalue weighted by molar-refractivity contribution is 0.200. The lowest BCUT2D eigenvalue weighted by Crippen LogP contribution is -2.53. The van der Waals surface area contributed by atoms with Crippen molar-refractivity contribution >= 4 is 17.5 Å². The first-order chi connectivity index (χ1) is 13.8. The number of urea groups is 1. The van der Waals surface area contributed by atoms with Crippen LogP contribution < -0.4 is 9.80 Å². The van der Waals surface area contributed by atoms with E-state index in [0.717, 1.165) is 30.2 Å². The van der Waals surface area contributed by atoms with Gasteiger partial charge in [-0.05, 0) is 29.8 Å². The first kappa shape index (κ1) is 18.0. The van der Waals surface area contributed by atoms with Gasteiger partial charge in [-0.3, -0.25) is 4.90 Å². The Morgan fingerprint density at radius 3 is 2.11 bits per heavy atom. The second-order valence-electron chi connectivity index (χ2n) is 6.85. The summed E-state index contributed by atoms with van der Waals surface area (Å²) in [5.74, 6) is 0.971. The minimum atomic E-state index is 0.0516. The van der Waals surface area contributed by atoms with E-state index in [4.69, 9.17) is 0 Å². The lowest BCUT2D eigenvalue weighted by atomic mass is 10.2. The fourth-order valence-electron chi connectivity index (χ4n) is 3.48. The van der Waals surface area contributed by atoms with Crippen molar-refractivity contribution in [2.45, 2.75) is 6.54 Å². The van der Waals surface area contributed by atoms with Gasteiger partial charge in [0.1, 0.15) is 5.82 Å². The first-order valence-corrected chi connectivity index (χ1v) is 9.63. The molecule has 28 heavy (non-hydrogen) atoms. The molecule has 3 aromatic rings. The molecule has 142 valence electrons. The van der Waals surface area contributed by atoms with E-state index in [1.54, 1.807) is 0 Å². The van der Waals surface area contributed by atoms with Gasteiger partial charge in [-0.15, -0.1) is 0 Å². The summed E-state index contributed by atoms with van der Waals surface area (Å²) in [7, 11) is 0. The van der Waals surface area contributed by atoms with Crippen LogP contribution in [-0.4, -0.2) is 42.1 Å². The number of carbonyl (C=O) groups is 1. The maximum atomic E-state index is 13.4. The highest BCUT2D eigenvalue weighted by molar-refractivity contribution is 5.92. The van der Waals surface area contributed by atoms with Gasteiger partial charge >= 0.3 is 6.03 Å². The molecule has 5 nitrogen and oxygen atoms in total. The zero-order valence-electron chi connectivity index (χ0n) is 15.8. The minimum Gasteiger partial charge on any atom is -0.353 e. The molecular weight excluding hydrogens is 348 g/mol. The smallest absolute Gasteiger partial charge is 0.324 e. The normalized spacial score (nSPS) is 14.0. The molecule has 0 saturated carbocycles. The van der Waals surface area contributed by atoms with Crippen LogP contribution >= 0.6 is 0 Å². The standard InChI is InChI=1S/C23H24N4O/c28-23(26-17-15-25(16-18-26)22-13-7-8-14-24-22)27(21-11-5-2-6-12-21)19-20-9-3-1-4-10-20/h1-14H,15-19H2. The molecule has 2 heterocycles. The molecule has 1 aliphatic rings.